The van der Waals surface area contributed by atoms with E-state index < -0.39 is 4.92 Å². The highest BCUT2D eigenvalue weighted by atomic mass is 16.6. The summed E-state index contributed by atoms with van der Waals surface area (Å²) < 4.78 is 0. The summed E-state index contributed by atoms with van der Waals surface area (Å²) in [6.07, 6.45) is 1.00. The molecule has 1 aromatic rings. The molecule has 0 radical (unpaired) electrons. The highest BCUT2D eigenvalue weighted by Crippen LogP contribution is 2.25. The van der Waals surface area contributed by atoms with Crippen LogP contribution in [-0.4, -0.2) is 36.5 Å². The third-order valence-electron chi connectivity index (χ3n) is 3.33. The van der Waals surface area contributed by atoms with E-state index in [1.54, 1.807) is 12.1 Å². The van der Waals surface area contributed by atoms with Gasteiger partial charge in [-0.3, -0.25) is 10.1 Å². The van der Waals surface area contributed by atoms with Gasteiger partial charge >= 0.3 is 0 Å². The van der Waals surface area contributed by atoms with Crippen molar-refractivity contribution in [3.05, 3.63) is 33.9 Å². The van der Waals surface area contributed by atoms with E-state index in [1.165, 1.54) is 6.07 Å². The normalized spacial score (nSPS) is 12.2. The van der Waals surface area contributed by atoms with Crippen LogP contribution in [0.25, 0.3) is 0 Å². The molecule has 21 heavy (non-hydrogen) atoms. The van der Waals surface area contributed by atoms with Crippen molar-refractivity contribution in [3.8, 4) is 6.07 Å². The number of likely N-dealkylation sites (N-methyl/N-ethyl adjacent to an activating group) is 1. The minimum Gasteiger partial charge on any atom is -0.378 e. The largest absolute Gasteiger partial charge is 0.378 e. The molecule has 0 spiro atoms. The van der Waals surface area contributed by atoms with Gasteiger partial charge in [-0.1, -0.05) is 13.8 Å². The second kappa shape index (κ2) is 7.60. The van der Waals surface area contributed by atoms with Crippen LogP contribution in [0.5, 0.6) is 0 Å². The maximum atomic E-state index is 11.1. The van der Waals surface area contributed by atoms with Crippen molar-refractivity contribution < 1.29 is 4.92 Å². The van der Waals surface area contributed by atoms with Gasteiger partial charge in [0.2, 0.25) is 0 Å². The molecule has 0 heterocycles. The van der Waals surface area contributed by atoms with Crippen LogP contribution < -0.4 is 5.32 Å². The fraction of sp³-hybridized carbons (Fsp3) is 0.533. The lowest BCUT2D eigenvalue weighted by atomic mass is 10.0. The monoisotopic (exact) mass is 290 g/mol. The number of nitro groups is 1. The molecule has 6 heteroatoms. The number of nitriles is 1. The van der Waals surface area contributed by atoms with E-state index in [0.29, 0.717) is 29.8 Å². The zero-order chi connectivity index (χ0) is 16.0. The molecule has 0 fully saturated rings. The van der Waals surface area contributed by atoms with Gasteiger partial charge < -0.3 is 10.2 Å². The Morgan fingerprint density at radius 2 is 2.10 bits per heavy atom. The van der Waals surface area contributed by atoms with Gasteiger partial charge in [0, 0.05) is 18.7 Å². The van der Waals surface area contributed by atoms with Crippen molar-refractivity contribution in [2.24, 2.45) is 5.92 Å². The molecule has 0 bridgehead atoms. The Kier molecular flexibility index (Phi) is 6.12. The van der Waals surface area contributed by atoms with Crippen molar-refractivity contribution in [1.82, 2.24) is 4.90 Å². The maximum Gasteiger partial charge on any atom is 0.293 e. The number of nitrogens with one attached hydrogen (secondary N) is 1. The van der Waals surface area contributed by atoms with Crippen LogP contribution in [0.4, 0.5) is 11.4 Å². The Bertz CT molecular complexity index is 535. The first-order valence-corrected chi connectivity index (χ1v) is 6.94. The summed E-state index contributed by atoms with van der Waals surface area (Å²) in [5.41, 5.74) is 0.685. The van der Waals surface area contributed by atoms with Gasteiger partial charge in [0.05, 0.1) is 16.6 Å². The molecular weight excluding hydrogens is 268 g/mol. The fourth-order valence-electron chi connectivity index (χ4n) is 2.15. The standard InChI is InChI=1S/C15H22N4O2/c1-11(2)7-13(18(3)4)10-17-14-6-5-12(9-16)8-15(14)19(20)21/h5-6,8,11,13,17H,7,10H2,1-4H3. The third kappa shape index (κ3) is 5.04. The lowest BCUT2D eigenvalue weighted by Gasteiger charge is -2.26. The average molecular weight is 290 g/mol. The predicted octanol–water partition coefficient (Wildman–Crippen LogP) is 2.85. The highest BCUT2D eigenvalue weighted by Gasteiger charge is 2.18. The van der Waals surface area contributed by atoms with E-state index in [0.717, 1.165) is 6.42 Å². The first-order valence-electron chi connectivity index (χ1n) is 6.94. The lowest BCUT2D eigenvalue weighted by molar-refractivity contribution is -0.384. The summed E-state index contributed by atoms with van der Waals surface area (Å²) in [6, 6.07) is 6.69. The lowest BCUT2D eigenvalue weighted by Crippen LogP contribution is -2.35. The topological polar surface area (TPSA) is 82.2 Å². The minimum atomic E-state index is -0.462. The number of hydrogen-bond donors (Lipinski definition) is 1. The van der Waals surface area contributed by atoms with Gasteiger partial charge in [0.15, 0.2) is 0 Å². The second-order valence-corrected chi connectivity index (χ2v) is 5.73. The Morgan fingerprint density at radius 3 is 2.57 bits per heavy atom. The minimum absolute atomic E-state index is 0.0592. The molecule has 0 saturated heterocycles. The number of nitro benzene ring substituents is 1. The molecule has 114 valence electrons. The van der Waals surface area contributed by atoms with Gasteiger partial charge in [-0.2, -0.15) is 5.26 Å². The Morgan fingerprint density at radius 1 is 1.43 bits per heavy atom. The van der Waals surface area contributed by atoms with Crippen LogP contribution in [0.15, 0.2) is 18.2 Å². The fourth-order valence-corrected chi connectivity index (χ4v) is 2.15. The molecule has 1 aromatic carbocycles. The number of hydrogen-bond acceptors (Lipinski definition) is 5. The molecule has 0 saturated carbocycles. The number of benzene rings is 1. The van der Waals surface area contributed by atoms with Gasteiger partial charge in [-0.15, -0.1) is 0 Å². The van der Waals surface area contributed by atoms with Gasteiger partial charge in [-0.05, 0) is 38.6 Å². The van der Waals surface area contributed by atoms with Gasteiger partial charge in [-0.25, -0.2) is 0 Å². The van der Waals surface area contributed by atoms with Gasteiger partial charge in [0.1, 0.15) is 5.69 Å². The van der Waals surface area contributed by atoms with E-state index in [4.69, 9.17) is 5.26 Å². The molecule has 0 aromatic heterocycles. The van der Waals surface area contributed by atoms with E-state index in [9.17, 15) is 10.1 Å². The van der Waals surface area contributed by atoms with Crippen LogP contribution in [0.3, 0.4) is 0 Å². The zero-order valence-corrected chi connectivity index (χ0v) is 13.0. The third-order valence-corrected chi connectivity index (χ3v) is 3.33. The van der Waals surface area contributed by atoms with E-state index in [-0.39, 0.29) is 5.69 Å². The molecule has 0 amide bonds. The summed E-state index contributed by atoms with van der Waals surface area (Å²) >= 11 is 0. The van der Waals surface area contributed by atoms with Crippen molar-refractivity contribution in [2.45, 2.75) is 26.3 Å². The number of anilines is 1. The molecule has 1 N–H and O–H groups in total. The van der Waals surface area contributed by atoms with Crippen LogP contribution in [0.1, 0.15) is 25.8 Å². The molecule has 1 unspecified atom stereocenters. The molecular formula is C15H22N4O2. The van der Waals surface area contributed by atoms with Crippen molar-refractivity contribution in [3.63, 3.8) is 0 Å². The van der Waals surface area contributed by atoms with Crippen LogP contribution in [-0.2, 0) is 0 Å². The highest BCUT2D eigenvalue weighted by molar-refractivity contribution is 5.64. The molecule has 6 nitrogen and oxygen atoms in total. The molecule has 0 aliphatic rings. The summed E-state index contributed by atoms with van der Waals surface area (Å²) in [6.45, 7) is 4.93. The van der Waals surface area contributed by atoms with Crippen molar-refractivity contribution >= 4 is 11.4 Å². The summed E-state index contributed by atoms with van der Waals surface area (Å²) in [5, 5.41) is 23.1. The quantitative estimate of drug-likeness (QED) is 0.616. The Balaban J connectivity index is 2.87. The smallest absolute Gasteiger partial charge is 0.293 e. The molecule has 1 rings (SSSR count). The number of nitrogens with zero attached hydrogens (tertiary/aromatic N) is 3. The summed E-state index contributed by atoms with van der Waals surface area (Å²) in [5.74, 6) is 0.551. The first kappa shape index (κ1) is 16.9. The summed E-state index contributed by atoms with van der Waals surface area (Å²) in [7, 11) is 4.00. The molecule has 1 atom stereocenters. The Hall–Kier alpha value is -2.13. The van der Waals surface area contributed by atoms with Crippen molar-refractivity contribution in [2.75, 3.05) is 26.0 Å². The predicted molar refractivity (Wildman–Crippen MR) is 83.2 cm³/mol. The van der Waals surface area contributed by atoms with Crippen molar-refractivity contribution in [1.29, 1.82) is 5.26 Å². The second-order valence-electron chi connectivity index (χ2n) is 5.73. The molecule has 0 aliphatic heterocycles. The van der Waals surface area contributed by atoms with Crippen LogP contribution in [0, 0.1) is 27.4 Å². The van der Waals surface area contributed by atoms with Crippen LogP contribution >= 0.6 is 0 Å². The molecule has 0 aliphatic carbocycles. The van der Waals surface area contributed by atoms with E-state index in [1.807, 2.05) is 20.2 Å². The SMILES string of the molecule is CC(C)CC(CNc1ccc(C#N)cc1[N+](=O)[O-])N(C)C. The van der Waals surface area contributed by atoms with Gasteiger partial charge in [0.25, 0.3) is 5.69 Å². The van der Waals surface area contributed by atoms with Crippen LogP contribution in [0.2, 0.25) is 0 Å². The van der Waals surface area contributed by atoms with E-state index >= 15 is 0 Å². The summed E-state index contributed by atoms with van der Waals surface area (Å²) in [4.78, 5) is 12.7. The number of rotatable bonds is 7. The average Bonchev–Trinajstić information content (AvgIpc) is 2.42. The maximum absolute atomic E-state index is 11.1. The first-order chi connectivity index (χ1) is 9.85. The Labute approximate surface area is 125 Å². The zero-order valence-electron chi connectivity index (χ0n) is 13.0. The van der Waals surface area contributed by atoms with E-state index in [2.05, 4.69) is 24.1 Å².